The maximum Gasteiger partial charge on any atom is 0.235 e. The van der Waals surface area contributed by atoms with Crippen molar-refractivity contribution in [3.05, 3.63) is 28.8 Å². The predicted molar refractivity (Wildman–Crippen MR) is 99.2 cm³/mol. The lowest BCUT2D eigenvalue weighted by molar-refractivity contribution is -0.175. The third-order valence-electron chi connectivity index (χ3n) is 6.68. The molecule has 0 radical (unpaired) electrons. The molecular weight excluding hydrogens is 394 g/mol. The number of aromatic hydroxyl groups is 1. The van der Waals surface area contributed by atoms with Crippen LogP contribution in [-0.4, -0.2) is 52.0 Å². The predicted octanol–water partition coefficient (Wildman–Crippen LogP) is -0.527. The van der Waals surface area contributed by atoms with Gasteiger partial charge in [0.05, 0.1) is 18.1 Å². The minimum Gasteiger partial charge on any atom is -0.507 e. The Balaban J connectivity index is 1.81. The van der Waals surface area contributed by atoms with Gasteiger partial charge in [0.25, 0.3) is 0 Å². The van der Waals surface area contributed by atoms with E-state index >= 15 is 0 Å². The summed E-state index contributed by atoms with van der Waals surface area (Å²) in [6, 6.07) is 2.97. The van der Waals surface area contributed by atoms with Gasteiger partial charge in [-0.3, -0.25) is 24.0 Å². The molecule has 4 rings (SSSR count). The fraction of sp³-hybridized carbons (Fsp3) is 0.476. The summed E-state index contributed by atoms with van der Waals surface area (Å²) in [6.45, 7) is 0.200. The van der Waals surface area contributed by atoms with Crippen LogP contribution in [0.5, 0.6) is 5.75 Å². The smallest absolute Gasteiger partial charge is 0.235 e. The number of carbonyl (C=O) groups excluding carboxylic acids is 5. The summed E-state index contributed by atoms with van der Waals surface area (Å²) < 4.78 is 5.16. The molecule has 2 fully saturated rings. The third kappa shape index (κ3) is 2.58. The molecular formula is C21H21NO8. The van der Waals surface area contributed by atoms with E-state index in [9.17, 15) is 34.2 Å². The zero-order chi connectivity index (χ0) is 22.0. The van der Waals surface area contributed by atoms with Crippen molar-refractivity contribution in [3.63, 3.8) is 0 Å². The molecule has 0 aliphatic heterocycles. The van der Waals surface area contributed by atoms with Crippen molar-refractivity contribution in [1.29, 1.82) is 0 Å². The number of carbonyl (C=O) groups is 5. The highest BCUT2D eigenvalue weighted by Crippen LogP contribution is 2.50. The number of amides is 1. The Morgan fingerprint density at radius 2 is 1.90 bits per heavy atom. The normalized spacial score (nSPS) is 33.0. The summed E-state index contributed by atoms with van der Waals surface area (Å²) in [5.41, 5.74) is 3.75. The maximum absolute atomic E-state index is 13.3. The topological polar surface area (TPSA) is 161 Å². The van der Waals surface area contributed by atoms with E-state index in [1.807, 2.05) is 0 Å². The molecule has 1 aromatic carbocycles. The van der Waals surface area contributed by atoms with Gasteiger partial charge in [-0.1, -0.05) is 6.07 Å². The minimum atomic E-state index is -2.62. The average molecular weight is 415 g/mol. The molecule has 1 amide bonds. The number of rotatable bonds is 3. The molecule has 158 valence electrons. The Hall–Kier alpha value is -2.91. The molecule has 4 N–H and O–H groups in total. The Morgan fingerprint density at radius 3 is 2.53 bits per heavy atom. The largest absolute Gasteiger partial charge is 0.507 e. The molecule has 9 heteroatoms. The van der Waals surface area contributed by atoms with E-state index in [2.05, 4.69) is 0 Å². The quantitative estimate of drug-likeness (QED) is 0.555. The average Bonchev–Trinajstić information content (AvgIpc) is 2.66. The highest BCUT2D eigenvalue weighted by Gasteiger charge is 2.66. The Morgan fingerprint density at radius 1 is 1.20 bits per heavy atom. The molecule has 1 aromatic rings. The standard InChI is InChI=1S/C21H21NO8/c1-30-7-8-2-3-12(23)15-11(8)5-9-4-10-6-13(24)16(20(22)28)19(27)21(10,29)18(26)14(9)17(15)25/h2-3,9-10,14,16,23,29H,4-7H2,1H3,(H2,22,28)/t9-,10+,14?,16?,21+/m1/s1. The van der Waals surface area contributed by atoms with Crippen molar-refractivity contribution in [2.75, 3.05) is 7.11 Å². The van der Waals surface area contributed by atoms with Crippen LogP contribution in [0, 0.1) is 23.7 Å². The number of aliphatic hydroxyl groups is 1. The van der Waals surface area contributed by atoms with Crippen LogP contribution in [0.2, 0.25) is 0 Å². The first-order valence-electron chi connectivity index (χ1n) is 9.62. The maximum atomic E-state index is 13.3. The fourth-order valence-electron chi connectivity index (χ4n) is 5.32. The summed E-state index contributed by atoms with van der Waals surface area (Å²) in [5.74, 6) is -10.1. The van der Waals surface area contributed by atoms with E-state index in [0.717, 1.165) is 0 Å². The van der Waals surface area contributed by atoms with Gasteiger partial charge in [0.2, 0.25) is 5.91 Å². The van der Waals surface area contributed by atoms with E-state index in [-0.39, 0.29) is 37.2 Å². The first-order valence-corrected chi connectivity index (χ1v) is 9.62. The van der Waals surface area contributed by atoms with Crippen LogP contribution in [0.1, 0.15) is 34.3 Å². The summed E-state index contributed by atoms with van der Waals surface area (Å²) in [5, 5.41) is 21.4. The van der Waals surface area contributed by atoms with Gasteiger partial charge in [-0.05, 0) is 36.0 Å². The van der Waals surface area contributed by atoms with Gasteiger partial charge < -0.3 is 20.7 Å². The van der Waals surface area contributed by atoms with Crippen molar-refractivity contribution in [2.24, 2.45) is 29.4 Å². The molecule has 0 aromatic heterocycles. The number of benzene rings is 1. The van der Waals surface area contributed by atoms with Gasteiger partial charge in [-0.15, -0.1) is 0 Å². The zero-order valence-corrected chi connectivity index (χ0v) is 16.2. The minimum absolute atomic E-state index is 0.0213. The van der Waals surface area contributed by atoms with Crippen molar-refractivity contribution in [1.82, 2.24) is 0 Å². The first kappa shape index (κ1) is 20.4. The lowest BCUT2D eigenvalue weighted by Gasteiger charge is -2.48. The molecule has 0 heterocycles. The number of nitrogens with two attached hydrogens (primary N) is 1. The van der Waals surface area contributed by atoms with Crippen LogP contribution >= 0.6 is 0 Å². The number of ether oxygens (including phenoxy) is 1. The van der Waals surface area contributed by atoms with Gasteiger partial charge >= 0.3 is 0 Å². The third-order valence-corrected chi connectivity index (χ3v) is 6.68. The molecule has 5 atom stereocenters. The molecule has 30 heavy (non-hydrogen) atoms. The molecule has 2 saturated carbocycles. The molecule has 3 aliphatic carbocycles. The highest BCUT2D eigenvalue weighted by molar-refractivity contribution is 6.31. The van der Waals surface area contributed by atoms with Gasteiger partial charge in [0.15, 0.2) is 34.7 Å². The van der Waals surface area contributed by atoms with E-state index in [4.69, 9.17) is 10.5 Å². The van der Waals surface area contributed by atoms with Crippen LogP contribution in [0.25, 0.3) is 0 Å². The molecule has 0 saturated heterocycles. The van der Waals surface area contributed by atoms with Gasteiger partial charge in [0, 0.05) is 19.4 Å². The summed E-state index contributed by atoms with van der Waals surface area (Å²) in [7, 11) is 1.49. The number of hydrogen-bond acceptors (Lipinski definition) is 8. The molecule has 0 spiro atoms. The number of phenols is 1. The summed E-state index contributed by atoms with van der Waals surface area (Å²) in [4.78, 5) is 63.2. The van der Waals surface area contributed by atoms with Crippen molar-refractivity contribution in [3.8, 4) is 5.75 Å². The van der Waals surface area contributed by atoms with Gasteiger partial charge in [-0.2, -0.15) is 0 Å². The number of ketones is 4. The van der Waals surface area contributed by atoms with E-state index in [1.54, 1.807) is 6.07 Å². The van der Waals surface area contributed by atoms with Crippen LogP contribution < -0.4 is 5.73 Å². The Bertz CT molecular complexity index is 1010. The number of fused-ring (bicyclic) bond motifs is 3. The SMILES string of the molecule is COCc1ccc(O)c2c1C[C@H]1C[C@H]3CC(=O)C(C(N)=O)C(=O)[C@@]3(O)C(=O)C1C2=O. The number of primary amides is 1. The molecule has 2 unspecified atom stereocenters. The molecule has 9 nitrogen and oxygen atoms in total. The lowest BCUT2D eigenvalue weighted by atomic mass is 9.53. The number of Topliss-reactive ketones (excluding diaryl/α,β-unsaturated/α-hetero) is 4. The van der Waals surface area contributed by atoms with Crippen LogP contribution in [0.3, 0.4) is 0 Å². The van der Waals surface area contributed by atoms with Crippen molar-refractivity contribution < 1.29 is 38.9 Å². The van der Waals surface area contributed by atoms with Gasteiger partial charge in [-0.25, -0.2) is 0 Å². The van der Waals surface area contributed by atoms with Crippen molar-refractivity contribution >= 4 is 29.0 Å². The zero-order valence-electron chi connectivity index (χ0n) is 16.2. The number of phenolic OH excluding ortho intramolecular Hbond substituents is 1. The van der Waals surface area contributed by atoms with Crippen LogP contribution in [0.15, 0.2) is 12.1 Å². The summed E-state index contributed by atoms with van der Waals surface area (Å²) in [6.07, 6.45) is -0.0290. The highest BCUT2D eigenvalue weighted by atomic mass is 16.5. The molecule has 3 aliphatic rings. The van der Waals surface area contributed by atoms with Gasteiger partial charge in [0.1, 0.15) is 5.75 Å². The lowest BCUT2D eigenvalue weighted by Crippen LogP contribution is -2.68. The number of methoxy groups -OCH3 is 1. The monoisotopic (exact) mass is 415 g/mol. The number of hydrogen-bond donors (Lipinski definition) is 3. The van der Waals surface area contributed by atoms with E-state index < -0.39 is 58.3 Å². The van der Waals surface area contributed by atoms with Crippen LogP contribution in [-0.2, 0) is 36.9 Å². The fourth-order valence-corrected chi connectivity index (χ4v) is 5.32. The molecule has 0 bridgehead atoms. The second-order valence-electron chi connectivity index (χ2n) is 8.27. The van der Waals surface area contributed by atoms with E-state index in [0.29, 0.717) is 11.1 Å². The van der Waals surface area contributed by atoms with Crippen molar-refractivity contribution in [2.45, 2.75) is 31.5 Å². The van der Waals surface area contributed by atoms with E-state index in [1.165, 1.54) is 13.2 Å². The Kier molecular flexibility index (Phi) is 4.63. The first-order chi connectivity index (χ1) is 14.1. The van der Waals surface area contributed by atoms with Crippen LogP contribution in [0.4, 0.5) is 0 Å². The summed E-state index contributed by atoms with van der Waals surface area (Å²) >= 11 is 0. The second kappa shape index (κ2) is 6.82. The second-order valence-corrected chi connectivity index (χ2v) is 8.27. The Labute approximate surface area is 171 Å².